The maximum Gasteiger partial charge on any atom is 0.230 e. The molecule has 0 radical (unpaired) electrons. The summed E-state index contributed by atoms with van der Waals surface area (Å²) in [6.07, 6.45) is 0.696. The van der Waals surface area contributed by atoms with E-state index in [1.54, 1.807) is 0 Å². The van der Waals surface area contributed by atoms with Crippen molar-refractivity contribution in [3.63, 3.8) is 0 Å². The number of rotatable bonds is 3. The number of fused-ring (bicyclic) bond motifs is 1. The Labute approximate surface area is 81.6 Å². The van der Waals surface area contributed by atoms with Crippen LogP contribution in [0.15, 0.2) is 4.52 Å². The molecular formula is C9H13N3O2. The highest BCUT2D eigenvalue weighted by Crippen LogP contribution is 2.56. The second-order valence-electron chi connectivity index (χ2n) is 3.98. The van der Waals surface area contributed by atoms with Crippen LogP contribution in [0.3, 0.4) is 0 Å². The molecular weight excluding hydrogens is 182 g/mol. The monoisotopic (exact) mass is 195 g/mol. The number of ether oxygens (including phenoxy) is 1. The fourth-order valence-electron chi connectivity index (χ4n) is 2.24. The van der Waals surface area contributed by atoms with Crippen LogP contribution in [0.5, 0.6) is 0 Å². The summed E-state index contributed by atoms with van der Waals surface area (Å²) in [5.41, 5.74) is 5.41. The number of nitrogens with zero attached hydrogens (tertiary/aromatic N) is 2. The van der Waals surface area contributed by atoms with Crippen molar-refractivity contribution in [1.82, 2.24) is 10.1 Å². The molecule has 1 saturated carbocycles. The maximum absolute atomic E-state index is 5.41. The zero-order chi connectivity index (χ0) is 9.54. The minimum atomic E-state index is 0.461. The molecule has 2 aliphatic rings. The first-order chi connectivity index (χ1) is 6.90. The summed E-state index contributed by atoms with van der Waals surface area (Å²) in [5.74, 6) is 3.23. The normalized spacial score (nSPS) is 34.5. The van der Waals surface area contributed by atoms with Gasteiger partial charge in [-0.15, -0.1) is 0 Å². The molecule has 5 nitrogen and oxygen atoms in total. The summed E-state index contributed by atoms with van der Waals surface area (Å²) in [5, 5.41) is 3.89. The van der Waals surface area contributed by atoms with Crippen LogP contribution in [0.4, 0.5) is 0 Å². The van der Waals surface area contributed by atoms with Crippen LogP contribution in [0.25, 0.3) is 0 Å². The Kier molecular flexibility index (Phi) is 1.81. The summed E-state index contributed by atoms with van der Waals surface area (Å²) >= 11 is 0. The molecule has 5 heteroatoms. The second-order valence-corrected chi connectivity index (χ2v) is 3.98. The molecule has 2 N–H and O–H groups in total. The van der Waals surface area contributed by atoms with E-state index in [0.29, 0.717) is 30.7 Å². The Morgan fingerprint density at radius 2 is 2.14 bits per heavy atom. The average Bonchev–Trinajstić information content (AvgIpc) is 2.63. The van der Waals surface area contributed by atoms with Gasteiger partial charge in [0.2, 0.25) is 5.89 Å². The first-order valence-electron chi connectivity index (χ1n) is 5.00. The summed E-state index contributed by atoms with van der Waals surface area (Å²) in [7, 11) is 0. The smallest absolute Gasteiger partial charge is 0.230 e. The molecule has 2 atom stereocenters. The van der Waals surface area contributed by atoms with E-state index in [9.17, 15) is 0 Å². The van der Waals surface area contributed by atoms with E-state index in [2.05, 4.69) is 10.1 Å². The molecule has 3 rings (SSSR count). The zero-order valence-electron chi connectivity index (χ0n) is 7.85. The molecule has 0 aromatic carbocycles. The van der Waals surface area contributed by atoms with Crippen molar-refractivity contribution in [1.29, 1.82) is 0 Å². The van der Waals surface area contributed by atoms with E-state index in [1.165, 1.54) is 0 Å². The number of hydrogen-bond acceptors (Lipinski definition) is 5. The predicted octanol–water partition coefficient (Wildman–Crippen LogP) is -0.0694. The molecule has 1 aliphatic carbocycles. The van der Waals surface area contributed by atoms with E-state index in [0.717, 1.165) is 24.9 Å². The summed E-state index contributed by atoms with van der Waals surface area (Å²) in [6, 6.07) is 0. The van der Waals surface area contributed by atoms with E-state index >= 15 is 0 Å². The largest absolute Gasteiger partial charge is 0.381 e. The molecule has 2 fully saturated rings. The van der Waals surface area contributed by atoms with Gasteiger partial charge in [0.25, 0.3) is 0 Å². The summed E-state index contributed by atoms with van der Waals surface area (Å²) < 4.78 is 10.5. The maximum atomic E-state index is 5.41. The van der Waals surface area contributed by atoms with Crippen LogP contribution in [0, 0.1) is 11.8 Å². The molecule has 0 spiro atoms. The number of aromatic nitrogens is 2. The lowest BCUT2D eigenvalue weighted by Crippen LogP contribution is -2.04. The molecule has 14 heavy (non-hydrogen) atoms. The molecule has 2 heterocycles. The molecule has 1 aromatic rings. The van der Waals surface area contributed by atoms with Gasteiger partial charge in [0.1, 0.15) is 0 Å². The quantitative estimate of drug-likeness (QED) is 0.730. The van der Waals surface area contributed by atoms with Crippen LogP contribution in [-0.4, -0.2) is 29.9 Å². The van der Waals surface area contributed by atoms with Gasteiger partial charge < -0.3 is 15.0 Å². The molecule has 1 aromatic heterocycles. The Bertz CT molecular complexity index is 329. The third kappa shape index (κ3) is 1.16. The summed E-state index contributed by atoms with van der Waals surface area (Å²) in [4.78, 5) is 4.33. The third-order valence-corrected chi connectivity index (χ3v) is 3.09. The lowest BCUT2D eigenvalue weighted by atomic mass is 10.3. The van der Waals surface area contributed by atoms with Crippen LogP contribution < -0.4 is 5.73 Å². The minimum Gasteiger partial charge on any atom is -0.381 e. The Hall–Kier alpha value is -0.940. The Balaban J connectivity index is 1.72. The molecule has 0 bridgehead atoms. The van der Waals surface area contributed by atoms with Gasteiger partial charge in [0.15, 0.2) is 5.82 Å². The van der Waals surface area contributed by atoms with E-state index in [1.807, 2.05) is 0 Å². The Morgan fingerprint density at radius 3 is 2.86 bits per heavy atom. The van der Waals surface area contributed by atoms with E-state index in [4.69, 9.17) is 15.0 Å². The predicted molar refractivity (Wildman–Crippen MR) is 47.6 cm³/mol. The van der Waals surface area contributed by atoms with E-state index in [-0.39, 0.29) is 0 Å². The fourth-order valence-corrected chi connectivity index (χ4v) is 2.24. The molecule has 1 aliphatic heterocycles. The molecule has 76 valence electrons. The first kappa shape index (κ1) is 8.38. The van der Waals surface area contributed by atoms with Crippen LogP contribution in [0.1, 0.15) is 17.6 Å². The van der Waals surface area contributed by atoms with Gasteiger partial charge in [0.05, 0.1) is 13.2 Å². The lowest BCUT2D eigenvalue weighted by molar-refractivity contribution is 0.155. The summed E-state index contributed by atoms with van der Waals surface area (Å²) in [6.45, 7) is 2.27. The Morgan fingerprint density at radius 1 is 1.36 bits per heavy atom. The number of nitrogens with two attached hydrogens (primary N) is 1. The van der Waals surface area contributed by atoms with Gasteiger partial charge in [-0.05, 0) is 18.4 Å². The zero-order valence-corrected chi connectivity index (χ0v) is 7.85. The highest BCUT2D eigenvalue weighted by atomic mass is 16.5. The second kappa shape index (κ2) is 3.03. The van der Waals surface area contributed by atoms with Crippen molar-refractivity contribution in [3.05, 3.63) is 11.7 Å². The molecule has 0 amide bonds. The average molecular weight is 195 g/mol. The molecule has 1 saturated heterocycles. The highest BCUT2D eigenvalue weighted by Gasteiger charge is 2.57. The van der Waals surface area contributed by atoms with Crippen LogP contribution in [-0.2, 0) is 11.2 Å². The van der Waals surface area contributed by atoms with Gasteiger partial charge in [-0.1, -0.05) is 5.16 Å². The van der Waals surface area contributed by atoms with Crippen molar-refractivity contribution < 1.29 is 9.26 Å². The highest BCUT2D eigenvalue weighted by molar-refractivity contribution is 5.15. The van der Waals surface area contributed by atoms with Gasteiger partial charge in [-0.25, -0.2) is 0 Å². The first-order valence-corrected chi connectivity index (χ1v) is 5.00. The van der Waals surface area contributed by atoms with Gasteiger partial charge in [0, 0.05) is 12.3 Å². The van der Waals surface area contributed by atoms with Gasteiger partial charge >= 0.3 is 0 Å². The minimum absolute atomic E-state index is 0.461. The van der Waals surface area contributed by atoms with E-state index < -0.39 is 0 Å². The van der Waals surface area contributed by atoms with Crippen molar-refractivity contribution in [2.24, 2.45) is 17.6 Å². The number of hydrogen-bond donors (Lipinski definition) is 1. The topological polar surface area (TPSA) is 74.2 Å². The van der Waals surface area contributed by atoms with Crippen molar-refractivity contribution in [2.45, 2.75) is 12.3 Å². The van der Waals surface area contributed by atoms with Gasteiger partial charge in [-0.2, -0.15) is 4.98 Å². The SMILES string of the molecule is NCCc1noc(C2C3COCC32)n1. The van der Waals surface area contributed by atoms with Crippen molar-refractivity contribution in [2.75, 3.05) is 19.8 Å². The van der Waals surface area contributed by atoms with Gasteiger partial charge in [-0.3, -0.25) is 0 Å². The lowest BCUT2D eigenvalue weighted by Gasteiger charge is -1.97. The molecule has 2 unspecified atom stereocenters. The van der Waals surface area contributed by atoms with Crippen molar-refractivity contribution in [3.8, 4) is 0 Å². The van der Waals surface area contributed by atoms with Crippen LogP contribution >= 0.6 is 0 Å². The van der Waals surface area contributed by atoms with Crippen molar-refractivity contribution >= 4 is 0 Å². The fraction of sp³-hybridized carbons (Fsp3) is 0.778. The third-order valence-electron chi connectivity index (χ3n) is 3.09. The standard InChI is InChI=1S/C9H13N3O2/c10-2-1-7-11-9(14-12-7)8-5-3-13-4-6(5)8/h5-6,8H,1-4,10H2. The van der Waals surface area contributed by atoms with Crippen LogP contribution in [0.2, 0.25) is 0 Å².